The number of rotatable bonds is 3. The van der Waals surface area contributed by atoms with E-state index in [1.165, 1.54) is 0 Å². The number of anilines is 1. The number of carbonyl (C=O) groups excluding carboxylic acids is 1. The van der Waals surface area contributed by atoms with Crippen molar-refractivity contribution in [1.82, 2.24) is 4.98 Å². The Labute approximate surface area is 128 Å². The van der Waals surface area contributed by atoms with E-state index in [2.05, 4.69) is 9.88 Å². The minimum atomic E-state index is -0.371. The maximum atomic E-state index is 11.6. The number of primary amides is 1. The van der Waals surface area contributed by atoms with Gasteiger partial charge in [0.1, 0.15) is 0 Å². The van der Waals surface area contributed by atoms with E-state index in [9.17, 15) is 4.79 Å². The molecule has 0 spiro atoms. The van der Waals surface area contributed by atoms with E-state index in [0.717, 1.165) is 36.3 Å². The second kappa shape index (κ2) is 5.74. The number of pyridine rings is 1. The third kappa shape index (κ3) is 2.72. The van der Waals surface area contributed by atoms with Crippen molar-refractivity contribution in [3.63, 3.8) is 0 Å². The summed E-state index contributed by atoms with van der Waals surface area (Å²) in [6.07, 6.45) is 3.61. The fourth-order valence-electron chi connectivity index (χ4n) is 2.81. The van der Waals surface area contributed by atoms with Crippen molar-refractivity contribution in [3.05, 3.63) is 58.4 Å². The van der Waals surface area contributed by atoms with E-state index in [4.69, 9.17) is 17.3 Å². The minimum Gasteiger partial charge on any atom is -0.366 e. The molecule has 0 saturated carbocycles. The minimum absolute atomic E-state index is 0.371. The average Bonchev–Trinajstić information content (AvgIpc) is 2.49. The Morgan fingerprint density at radius 3 is 2.95 bits per heavy atom. The lowest BCUT2D eigenvalue weighted by Crippen LogP contribution is -2.30. The molecule has 2 aromatic rings. The first-order valence-corrected chi connectivity index (χ1v) is 7.30. The zero-order valence-corrected chi connectivity index (χ0v) is 12.3. The fourth-order valence-corrected chi connectivity index (χ4v) is 2.99. The Kier molecular flexibility index (Phi) is 3.80. The Morgan fingerprint density at radius 1 is 1.33 bits per heavy atom. The average molecular weight is 302 g/mol. The first-order chi connectivity index (χ1) is 10.2. The SMILES string of the molecule is NC(=O)c1cccc2c1CCCN2Cc1ncccc1Cl. The smallest absolute Gasteiger partial charge is 0.249 e. The van der Waals surface area contributed by atoms with Gasteiger partial charge in [0, 0.05) is 24.0 Å². The van der Waals surface area contributed by atoms with Crippen LogP contribution in [0.3, 0.4) is 0 Å². The molecule has 4 nitrogen and oxygen atoms in total. The zero-order valence-electron chi connectivity index (χ0n) is 11.6. The van der Waals surface area contributed by atoms with Crippen LogP contribution in [-0.2, 0) is 13.0 Å². The van der Waals surface area contributed by atoms with Gasteiger partial charge in [-0.3, -0.25) is 9.78 Å². The van der Waals surface area contributed by atoms with E-state index < -0.39 is 0 Å². The van der Waals surface area contributed by atoms with Gasteiger partial charge in [-0.15, -0.1) is 0 Å². The van der Waals surface area contributed by atoms with E-state index in [1.807, 2.05) is 24.3 Å². The molecule has 1 amide bonds. The van der Waals surface area contributed by atoms with Crippen molar-refractivity contribution in [3.8, 4) is 0 Å². The molecule has 1 aliphatic rings. The number of nitrogens with two attached hydrogens (primary N) is 1. The summed E-state index contributed by atoms with van der Waals surface area (Å²) in [5, 5.41) is 0.663. The van der Waals surface area contributed by atoms with Crippen LogP contribution in [0.2, 0.25) is 5.02 Å². The molecular formula is C16H16ClN3O. The van der Waals surface area contributed by atoms with Gasteiger partial charge in [0.2, 0.25) is 5.91 Å². The van der Waals surface area contributed by atoms with Crippen LogP contribution < -0.4 is 10.6 Å². The summed E-state index contributed by atoms with van der Waals surface area (Å²) >= 11 is 6.19. The standard InChI is InChI=1S/C16H16ClN3O/c17-13-6-2-8-19-14(13)10-20-9-3-5-11-12(16(18)21)4-1-7-15(11)20/h1-2,4,6-8H,3,5,9-10H2,(H2,18,21). The van der Waals surface area contributed by atoms with Gasteiger partial charge >= 0.3 is 0 Å². The van der Waals surface area contributed by atoms with E-state index in [0.29, 0.717) is 17.1 Å². The summed E-state index contributed by atoms with van der Waals surface area (Å²) in [6, 6.07) is 9.35. The molecule has 1 aromatic carbocycles. The third-order valence-corrected chi connectivity index (χ3v) is 4.13. The predicted molar refractivity (Wildman–Crippen MR) is 83.6 cm³/mol. The molecule has 0 saturated heterocycles. The Bertz CT molecular complexity index is 687. The van der Waals surface area contributed by atoms with Crippen molar-refractivity contribution < 1.29 is 4.79 Å². The largest absolute Gasteiger partial charge is 0.366 e. The van der Waals surface area contributed by atoms with Gasteiger partial charge in [-0.25, -0.2) is 0 Å². The molecule has 2 N–H and O–H groups in total. The second-order valence-corrected chi connectivity index (χ2v) is 5.53. The number of aromatic nitrogens is 1. The number of fused-ring (bicyclic) bond motifs is 1. The molecular weight excluding hydrogens is 286 g/mol. The quantitative estimate of drug-likeness (QED) is 0.948. The first-order valence-electron chi connectivity index (χ1n) is 6.93. The number of hydrogen-bond acceptors (Lipinski definition) is 3. The Morgan fingerprint density at radius 2 is 2.19 bits per heavy atom. The number of carbonyl (C=O) groups is 1. The summed E-state index contributed by atoms with van der Waals surface area (Å²) < 4.78 is 0. The molecule has 1 aromatic heterocycles. The van der Waals surface area contributed by atoms with Gasteiger partial charge in [-0.05, 0) is 42.7 Å². The van der Waals surface area contributed by atoms with Gasteiger partial charge < -0.3 is 10.6 Å². The monoisotopic (exact) mass is 301 g/mol. The summed E-state index contributed by atoms with van der Waals surface area (Å²) in [5.74, 6) is -0.371. The second-order valence-electron chi connectivity index (χ2n) is 5.12. The molecule has 0 aliphatic carbocycles. The van der Waals surface area contributed by atoms with E-state index >= 15 is 0 Å². The molecule has 3 rings (SSSR count). The number of benzene rings is 1. The zero-order chi connectivity index (χ0) is 14.8. The van der Waals surface area contributed by atoms with Crippen LogP contribution in [0.5, 0.6) is 0 Å². The molecule has 0 radical (unpaired) electrons. The van der Waals surface area contributed by atoms with Gasteiger partial charge in [-0.2, -0.15) is 0 Å². The maximum Gasteiger partial charge on any atom is 0.249 e. The van der Waals surface area contributed by atoms with Crippen molar-refractivity contribution >= 4 is 23.2 Å². The van der Waals surface area contributed by atoms with Crippen molar-refractivity contribution in [2.45, 2.75) is 19.4 Å². The number of amides is 1. The molecule has 21 heavy (non-hydrogen) atoms. The van der Waals surface area contributed by atoms with Crippen molar-refractivity contribution in [2.24, 2.45) is 5.73 Å². The summed E-state index contributed by atoms with van der Waals surface area (Å²) in [4.78, 5) is 18.1. The molecule has 0 bridgehead atoms. The Hall–Kier alpha value is -2.07. The molecule has 2 heterocycles. The van der Waals surface area contributed by atoms with Crippen LogP contribution in [0.15, 0.2) is 36.5 Å². The van der Waals surface area contributed by atoms with Crippen LogP contribution >= 0.6 is 11.6 Å². The number of hydrogen-bond donors (Lipinski definition) is 1. The molecule has 0 atom stereocenters. The molecule has 1 aliphatic heterocycles. The number of nitrogens with zero attached hydrogens (tertiary/aromatic N) is 2. The van der Waals surface area contributed by atoms with E-state index in [-0.39, 0.29) is 5.91 Å². The molecule has 0 fully saturated rings. The molecule has 108 valence electrons. The maximum absolute atomic E-state index is 11.6. The molecule has 0 unspecified atom stereocenters. The highest BCUT2D eigenvalue weighted by Crippen LogP contribution is 2.31. The Balaban J connectivity index is 1.96. The fraction of sp³-hybridized carbons (Fsp3) is 0.250. The summed E-state index contributed by atoms with van der Waals surface area (Å²) in [7, 11) is 0. The summed E-state index contributed by atoms with van der Waals surface area (Å²) in [6.45, 7) is 1.55. The highest BCUT2D eigenvalue weighted by molar-refractivity contribution is 6.31. The summed E-state index contributed by atoms with van der Waals surface area (Å²) in [5.41, 5.74) is 9.01. The topological polar surface area (TPSA) is 59.2 Å². The van der Waals surface area contributed by atoms with Gasteiger partial charge in [0.05, 0.1) is 17.3 Å². The lowest BCUT2D eigenvalue weighted by Gasteiger charge is -2.32. The van der Waals surface area contributed by atoms with Crippen LogP contribution in [0, 0.1) is 0 Å². The lowest BCUT2D eigenvalue weighted by molar-refractivity contribution is 0.0999. The van der Waals surface area contributed by atoms with Crippen molar-refractivity contribution in [1.29, 1.82) is 0 Å². The highest BCUT2D eigenvalue weighted by atomic mass is 35.5. The van der Waals surface area contributed by atoms with Gasteiger partial charge in [0.25, 0.3) is 0 Å². The highest BCUT2D eigenvalue weighted by Gasteiger charge is 2.22. The van der Waals surface area contributed by atoms with Crippen molar-refractivity contribution in [2.75, 3.05) is 11.4 Å². The van der Waals surface area contributed by atoms with Crippen LogP contribution in [-0.4, -0.2) is 17.4 Å². The van der Waals surface area contributed by atoms with E-state index in [1.54, 1.807) is 12.3 Å². The van der Waals surface area contributed by atoms with Crippen LogP contribution in [0.4, 0.5) is 5.69 Å². The third-order valence-electron chi connectivity index (χ3n) is 3.79. The van der Waals surface area contributed by atoms with Gasteiger partial charge in [0.15, 0.2) is 0 Å². The number of halogens is 1. The van der Waals surface area contributed by atoms with Gasteiger partial charge in [-0.1, -0.05) is 17.7 Å². The van der Waals surface area contributed by atoms with Crippen LogP contribution in [0.25, 0.3) is 0 Å². The predicted octanol–water partition coefficient (Wildman–Crippen LogP) is 2.79. The molecule has 5 heteroatoms. The van der Waals surface area contributed by atoms with Crippen LogP contribution in [0.1, 0.15) is 28.0 Å². The first kappa shape index (κ1) is 13.9. The normalized spacial score (nSPS) is 13.9. The lowest BCUT2D eigenvalue weighted by atomic mass is 9.95.